The molecular weight excluding hydrogens is 951 g/mol. The fourth-order valence-corrected chi connectivity index (χ4v) is 9.14. The molecule has 3 aliphatic heterocycles. The first-order valence-electron chi connectivity index (χ1n) is 23.8. The number of aliphatic hydroxyl groups excluding tert-OH is 8. The van der Waals surface area contributed by atoms with E-state index in [0.29, 0.717) is 16.7 Å². The second kappa shape index (κ2) is 25.7. The molecule has 3 saturated heterocycles. The van der Waals surface area contributed by atoms with Crippen LogP contribution in [-0.2, 0) is 62.5 Å². The van der Waals surface area contributed by atoms with Gasteiger partial charge in [-0.2, -0.15) is 0 Å². The SMILES string of the molecule is CC[C@@H]1O[C@H](O[C@H]2[C@@H](O)[C@H](O[C@@H]3[C@@H](O)[C@H](NC(=O)OCc4ccccc4)C[C@H](C)[C@H]3O[C@H]3O[C@H](CO)[C@@H](O)[C@H](O)[C@H]3NC(=O)OCc3ccccc3)O[C@@H]2CO)[C@H](NC(=O)OCc2ccccc2)[C@@H](O)[C@@H]1O. The lowest BCUT2D eigenvalue weighted by Crippen LogP contribution is -2.67. The van der Waals surface area contributed by atoms with Gasteiger partial charge in [0.2, 0.25) is 0 Å². The Morgan fingerprint density at radius 1 is 0.500 bits per heavy atom. The predicted octanol–water partition coefficient (Wildman–Crippen LogP) is -0.198. The van der Waals surface area contributed by atoms with Crippen LogP contribution in [-0.4, -0.2) is 183 Å². The molecule has 1 saturated carbocycles. The van der Waals surface area contributed by atoms with E-state index in [1.165, 1.54) is 0 Å². The number of hydrogen-bond acceptors (Lipinski definition) is 20. The average Bonchev–Trinajstić information content (AvgIpc) is 3.69. The third-order valence-corrected chi connectivity index (χ3v) is 13.1. The summed E-state index contributed by atoms with van der Waals surface area (Å²) in [5, 5.41) is 96.8. The van der Waals surface area contributed by atoms with Crippen molar-refractivity contribution in [3.63, 3.8) is 0 Å². The summed E-state index contributed by atoms with van der Waals surface area (Å²) in [6, 6.07) is 22.2. The van der Waals surface area contributed by atoms with Gasteiger partial charge in [-0.25, -0.2) is 14.4 Å². The molecular formula is C49H65N3O20. The maximum atomic E-state index is 13.2. The van der Waals surface area contributed by atoms with Crippen molar-refractivity contribution < 1.29 is 97.9 Å². The molecule has 0 unspecified atom stereocenters. The van der Waals surface area contributed by atoms with Crippen molar-refractivity contribution in [2.24, 2.45) is 5.92 Å². The highest BCUT2D eigenvalue weighted by Gasteiger charge is 2.56. The van der Waals surface area contributed by atoms with Gasteiger partial charge in [-0.3, -0.25) is 0 Å². The van der Waals surface area contributed by atoms with Gasteiger partial charge < -0.3 is 99.4 Å². The number of carbonyl (C=O) groups is 3. The van der Waals surface area contributed by atoms with Crippen LogP contribution in [0.4, 0.5) is 14.4 Å². The summed E-state index contributed by atoms with van der Waals surface area (Å²) in [5.41, 5.74) is 2.00. The van der Waals surface area contributed by atoms with Crippen LogP contribution in [0.15, 0.2) is 91.0 Å². The number of amides is 3. The summed E-state index contributed by atoms with van der Waals surface area (Å²) in [6.45, 7) is 1.36. The minimum Gasteiger partial charge on any atom is -0.445 e. The minimum absolute atomic E-state index is 0.00227. The Hall–Kier alpha value is -5.09. The molecule has 72 heavy (non-hydrogen) atoms. The molecule has 3 aromatic carbocycles. The smallest absolute Gasteiger partial charge is 0.407 e. The zero-order valence-corrected chi connectivity index (χ0v) is 39.6. The first kappa shape index (κ1) is 54.7. The first-order chi connectivity index (χ1) is 34.7. The van der Waals surface area contributed by atoms with E-state index >= 15 is 0 Å². The van der Waals surface area contributed by atoms with E-state index in [9.17, 15) is 55.2 Å². The molecule has 0 bridgehead atoms. The summed E-state index contributed by atoms with van der Waals surface area (Å²) >= 11 is 0. The molecule has 0 radical (unpaired) electrons. The summed E-state index contributed by atoms with van der Waals surface area (Å²) < 4.78 is 53.1. The fourth-order valence-electron chi connectivity index (χ4n) is 9.14. The van der Waals surface area contributed by atoms with Crippen LogP contribution < -0.4 is 16.0 Å². The van der Waals surface area contributed by atoms with Crippen molar-refractivity contribution >= 4 is 18.3 Å². The predicted molar refractivity (Wildman–Crippen MR) is 246 cm³/mol. The number of hydrogen-bond donors (Lipinski definition) is 11. The second-order valence-corrected chi connectivity index (χ2v) is 18.1. The van der Waals surface area contributed by atoms with Crippen LogP contribution in [0.25, 0.3) is 0 Å². The Balaban J connectivity index is 1.11. The Morgan fingerprint density at radius 3 is 1.36 bits per heavy atom. The average molecular weight is 1020 g/mol. The summed E-state index contributed by atoms with van der Waals surface area (Å²) in [4.78, 5) is 39.5. The maximum Gasteiger partial charge on any atom is 0.407 e. The zero-order chi connectivity index (χ0) is 51.5. The molecule has 4 fully saturated rings. The molecule has 3 heterocycles. The van der Waals surface area contributed by atoms with Crippen molar-refractivity contribution in [1.82, 2.24) is 16.0 Å². The molecule has 0 aromatic heterocycles. The Bertz CT molecular complexity index is 2150. The summed E-state index contributed by atoms with van der Waals surface area (Å²) in [5.74, 6) is -0.717. The van der Waals surface area contributed by atoms with Crippen molar-refractivity contribution in [2.75, 3.05) is 13.2 Å². The number of aliphatic hydroxyl groups is 8. The van der Waals surface area contributed by atoms with Gasteiger partial charge in [-0.1, -0.05) is 105 Å². The van der Waals surface area contributed by atoms with Gasteiger partial charge in [-0.15, -0.1) is 0 Å². The quantitative estimate of drug-likeness (QED) is 0.0735. The van der Waals surface area contributed by atoms with Gasteiger partial charge in [0, 0.05) is 0 Å². The van der Waals surface area contributed by atoms with Gasteiger partial charge in [0.15, 0.2) is 18.9 Å². The summed E-state index contributed by atoms with van der Waals surface area (Å²) in [6.07, 6.45) is -26.3. The summed E-state index contributed by atoms with van der Waals surface area (Å²) in [7, 11) is 0. The normalized spacial score (nSPS) is 35.7. The molecule has 1 aliphatic carbocycles. The van der Waals surface area contributed by atoms with E-state index in [1.807, 2.05) is 0 Å². The highest BCUT2D eigenvalue weighted by molar-refractivity contribution is 5.68. The van der Waals surface area contributed by atoms with E-state index < -0.39 is 148 Å². The lowest BCUT2D eigenvalue weighted by Gasteiger charge is -2.48. The van der Waals surface area contributed by atoms with Crippen molar-refractivity contribution in [1.29, 1.82) is 0 Å². The standard InChI is InChI=1S/C49H65N3O20/c1-3-30-36(56)38(58)33(51-48(62)65-23-27-15-9-5-10-16-27)44(67-30)71-42-32(21-54)69-46(40(42)60)72-43-35(55)29(50-47(61)64-22-26-13-7-4-8-14-26)19-25(2)41(43)70-45-34(39(59)37(57)31(20-53)68-45)52-49(63)66-24-28-17-11-6-12-18-28/h4-18,25,29-46,53-60H,3,19-24H2,1-2H3,(H,50,61)(H,51,62)(H,52,63)/t25-,29+,30-,31+,32+,33+,34+,35-,36+,37+,38+,39+,40+,41+,42+,43+,44+,45+,46-/m0/s1. The monoisotopic (exact) mass is 1020 g/mol. The highest BCUT2D eigenvalue weighted by Crippen LogP contribution is 2.37. The molecule has 11 N–H and O–H groups in total. The number of nitrogens with one attached hydrogen (secondary N) is 3. The van der Waals surface area contributed by atoms with Crippen molar-refractivity contribution in [3.05, 3.63) is 108 Å². The van der Waals surface area contributed by atoms with Crippen LogP contribution in [0.2, 0.25) is 0 Å². The Kier molecular flexibility index (Phi) is 19.5. The van der Waals surface area contributed by atoms with E-state index in [2.05, 4.69) is 16.0 Å². The van der Waals surface area contributed by atoms with Crippen molar-refractivity contribution in [2.45, 2.75) is 157 Å². The molecule has 396 valence electrons. The number of ether oxygens (including phenoxy) is 9. The van der Waals surface area contributed by atoms with Crippen LogP contribution in [0, 0.1) is 5.92 Å². The largest absolute Gasteiger partial charge is 0.445 e. The molecule has 19 atom stereocenters. The Labute approximate surface area is 414 Å². The molecule has 23 nitrogen and oxygen atoms in total. The lowest BCUT2D eigenvalue weighted by molar-refractivity contribution is -0.318. The molecule has 4 aliphatic rings. The Morgan fingerprint density at radius 2 is 0.903 bits per heavy atom. The van der Waals surface area contributed by atoms with E-state index in [1.54, 1.807) is 105 Å². The van der Waals surface area contributed by atoms with Crippen molar-refractivity contribution in [3.8, 4) is 0 Å². The van der Waals surface area contributed by atoms with Crippen LogP contribution in [0.5, 0.6) is 0 Å². The minimum atomic E-state index is -1.83. The molecule has 3 aromatic rings. The number of rotatable bonds is 18. The topological polar surface area (TPSA) is 332 Å². The van der Waals surface area contributed by atoms with Crippen LogP contribution in [0.1, 0.15) is 43.4 Å². The maximum absolute atomic E-state index is 13.2. The second-order valence-electron chi connectivity index (χ2n) is 18.1. The van der Waals surface area contributed by atoms with Crippen LogP contribution >= 0.6 is 0 Å². The first-order valence-corrected chi connectivity index (χ1v) is 23.8. The lowest BCUT2D eigenvalue weighted by atomic mass is 9.80. The van der Waals surface area contributed by atoms with Crippen LogP contribution in [0.3, 0.4) is 0 Å². The van der Waals surface area contributed by atoms with Gasteiger partial charge in [-0.05, 0) is 35.4 Å². The fraction of sp³-hybridized carbons (Fsp3) is 0.571. The van der Waals surface area contributed by atoms with Gasteiger partial charge >= 0.3 is 18.3 Å². The number of alkyl carbamates (subject to hydrolysis) is 3. The van der Waals surface area contributed by atoms with Gasteiger partial charge in [0.1, 0.15) is 92.9 Å². The molecule has 0 spiro atoms. The van der Waals surface area contributed by atoms with E-state index in [0.717, 1.165) is 0 Å². The zero-order valence-electron chi connectivity index (χ0n) is 39.6. The van der Waals surface area contributed by atoms with Gasteiger partial charge in [0.25, 0.3) is 0 Å². The molecule has 23 heteroatoms. The third kappa shape index (κ3) is 13.5. The van der Waals surface area contributed by atoms with Gasteiger partial charge in [0.05, 0.1) is 31.5 Å². The van der Waals surface area contributed by atoms with E-state index in [-0.39, 0.29) is 32.7 Å². The molecule has 7 rings (SSSR count). The highest BCUT2D eigenvalue weighted by atomic mass is 16.8. The molecule has 3 amide bonds. The number of carbonyl (C=O) groups excluding carboxylic acids is 3. The number of benzene rings is 3. The third-order valence-electron chi connectivity index (χ3n) is 13.1. The van der Waals surface area contributed by atoms with E-state index in [4.69, 9.17) is 42.6 Å².